The number of rotatable bonds is 12. The van der Waals surface area contributed by atoms with E-state index < -0.39 is 0 Å². The molecule has 0 saturated heterocycles. The van der Waals surface area contributed by atoms with Gasteiger partial charge < -0.3 is 0 Å². The van der Waals surface area contributed by atoms with Crippen LogP contribution in [0.4, 0.5) is 0 Å². The van der Waals surface area contributed by atoms with Gasteiger partial charge in [0.15, 0.2) is 11.6 Å². The monoisotopic (exact) mass is 1370 g/mol. The molecule has 4 aromatic heterocycles. The molecular weight excluding hydrogens is 1310 g/mol. The lowest BCUT2D eigenvalue weighted by atomic mass is 9.92. The summed E-state index contributed by atoms with van der Waals surface area (Å²) in [7, 11) is 0. The summed E-state index contributed by atoms with van der Waals surface area (Å²) in [4.78, 5) is 30.1. The van der Waals surface area contributed by atoms with Gasteiger partial charge in [-0.2, -0.15) is 0 Å². The van der Waals surface area contributed by atoms with Gasteiger partial charge in [-0.3, -0.25) is 9.97 Å². The summed E-state index contributed by atoms with van der Waals surface area (Å²) in [6.07, 6.45) is 5.87. The fourth-order valence-electron chi connectivity index (χ4n) is 15.1. The molecule has 16 aromatic carbocycles. The van der Waals surface area contributed by atoms with Gasteiger partial charge in [0.05, 0.1) is 28.1 Å². The third kappa shape index (κ3) is 12.8. The molecule has 0 aliphatic heterocycles. The van der Waals surface area contributed by atoms with E-state index in [0.29, 0.717) is 11.6 Å². The van der Waals surface area contributed by atoms with Crippen molar-refractivity contribution in [3.8, 4) is 134 Å². The standard InChI is InChI=1S/2C51H33N3/c1-2-11-34(12-3-1)35-21-25-37(26-22-35)49-32-50(38-27-23-36(24-28-38)43-30-41-14-5-9-20-48(41)52-33-43)54-51(53-49)42-16-10-15-39(29-42)47-31-40-13-4-6-17-44(40)45-18-7-8-19-46(45)47;1-2-10-34(11-3-1)35-20-26-39(27-21-35)50-48(38-22-18-36(19-23-38)43-30-42-13-5-9-17-49(42)52-32-43)33-53-51(54-50)40-28-24-37(25-29-40)47-31-41-12-4-6-14-44(41)45-15-7-8-16-46(45)47/h2*1-33H. The van der Waals surface area contributed by atoms with Crippen LogP contribution in [0, 0.1) is 0 Å². The number of hydrogen-bond donors (Lipinski definition) is 0. The van der Waals surface area contributed by atoms with Crippen molar-refractivity contribution in [2.24, 2.45) is 0 Å². The lowest BCUT2D eigenvalue weighted by Crippen LogP contribution is -1.96. The van der Waals surface area contributed by atoms with Gasteiger partial charge in [0.1, 0.15) is 0 Å². The van der Waals surface area contributed by atoms with Crippen molar-refractivity contribution in [1.29, 1.82) is 0 Å². The number of benzene rings is 16. The Hall–Kier alpha value is -14.5. The molecule has 6 heteroatoms. The van der Waals surface area contributed by atoms with Crippen molar-refractivity contribution < 1.29 is 0 Å². The molecule has 20 rings (SSSR count). The van der Waals surface area contributed by atoms with E-state index in [2.05, 4.69) is 351 Å². The van der Waals surface area contributed by atoms with Crippen LogP contribution in [0.5, 0.6) is 0 Å². The van der Waals surface area contributed by atoms with Gasteiger partial charge in [-0.25, -0.2) is 19.9 Å². The molecule has 0 N–H and O–H groups in total. The Morgan fingerprint density at radius 1 is 0.157 bits per heavy atom. The minimum absolute atomic E-state index is 0.685. The fraction of sp³-hybridized carbons (Fsp3) is 0. The lowest BCUT2D eigenvalue weighted by Gasteiger charge is -2.14. The number of aromatic nitrogens is 6. The summed E-state index contributed by atoms with van der Waals surface area (Å²) in [6, 6.07) is 135. The highest BCUT2D eigenvalue weighted by Gasteiger charge is 2.19. The summed E-state index contributed by atoms with van der Waals surface area (Å²) < 4.78 is 0. The Morgan fingerprint density at radius 2 is 0.509 bits per heavy atom. The van der Waals surface area contributed by atoms with Crippen molar-refractivity contribution in [2.75, 3.05) is 0 Å². The van der Waals surface area contributed by atoms with Crippen LogP contribution in [-0.2, 0) is 0 Å². The molecular formula is C102H66N6. The molecule has 0 spiro atoms. The number of pyridine rings is 2. The largest absolute Gasteiger partial charge is 0.256 e. The Kier molecular flexibility index (Phi) is 16.9. The van der Waals surface area contributed by atoms with Crippen LogP contribution in [0.1, 0.15) is 0 Å². The fourth-order valence-corrected chi connectivity index (χ4v) is 15.1. The average molecular weight is 1380 g/mol. The Balaban J connectivity index is 0.000000147. The van der Waals surface area contributed by atoms with E-state index in [1.54, 1.807) is 0 Å². The minimum Gasteiger partial charge on any atom is -0.256 e. The zero-order chi connectivity index (χ0) is 71.7. The van der Waals surface area contributed by atoms with Crippen LogP contribution in [0.25, 0.3) is 199 Å². The third-order valence-corrected chi connectivity index (χ3v) is 20.7. The molecule has 4 heterocycles. The van der Waals surface area contributed by atoms with Crippen molar-refractivity contribution in [3.05, 3.63) is 401 Å². The van der Waals surface area contributed by atoms with Crippen LogP contribution < -0.4 is 0 Å². The first kappa shape index (κ1) is 64.4. The van der Waals surface area contributed by atoms with E-state index in [-0.39, 0.29) is 0 Å². The first-order valence-electron chi connectivity index (χ1n) is 36.5. The first-order valence-corrected chi connectivity index (χ1v) is 36.5. The second-order valence-electron chi connectivity index (χ2n) is 27.3. The summed E-state index contributed by atoms with van der Waals surface area (Å²) >= 11 is 0. The Morgan fingerprint density at radius 3 is 1.01 bits per heavy atom. The topological polar surface area (TPSA) is 77.3 Å². The summed E-state index contributed by atoms with van der Waals surface area (Å²) in [6.45, 7) is 0. The summed E-state index contributed by atoms with van der Waals surface area (Å²) in [5.41, 5.74) is 25.5. The highest BCUT2D eigenvalue weighted by Crippen LogP contribution is 2.41. The molecule has 0 unspecified atom stereocenters. The number of fused-ring (bicyclic) bond motifs is 8. The zero-order valence-electron chi connectivity index (χ0n) is 58.8. The van der Waals surface area contributed by atoms with Gasteiger partial charge in [0, 0.05) is 73.9 Å². The first-order chi connectivity index (χ1) is 53.5. The SMILES string of the molecule is c1ccc(-c2ccc(-c3cc(-c4ccc(-c5cnc6ccccc6c5)cc4)nc(-c4cccc(-c5cc6ccccc6c6ccccc56)c4)n3)cc2)cc1.c1ccc(-c2ccc(-c3nc(-c4ccc(-c5cc6ccccc6c6ccccc56)cc4)ncc3-c3ccc(-c4cnc5ccccc5c4)cc3)cc2)cc1. The van der Waals surface area contributed by atoms with Crippen LogP contribution in [0.15, 0.2) is 401 Å². The third-order valence-electron chi connectivity index (χ3n) is 20.7. The molecule has 0 saturated carbocycles. The average Bonchev–Trinajstić information content (AvgIpc) is 0.766. The van der Waals surface area contributed by atoms with Crippen LogP contribution in [0.3, 0.4) is 0 Å². The molecule has 108 heavy (non-hydrogen) atoms. The molecule has 0 fully saturated rings. The van der Waals surface area contributed by atoms with Crippen molar-refractivity contribution in [2.45, 2.75) is 0 Å². The van der Waals surface area contributed by atoms with Crippen LogP contribution in [-0.4, -0.2) is 29.9 Å². The number of nitrogens with zero attached hydrogens (tertiary/aromatic N) is 6. The van der Waals surface area contributed by atoms with Crippen molar-refractivity contribution in [1.82, 2.24) is 29.9 Å². The van der Waals surface area contributed by atoms with E-state index in [0.717, 1.165) is 111 Å². The Bertz CT molecular complexity index is 6740. The molecule has 0 atom stereocenters. The van der Waals surface area contributed by atoms with Crippen molar-refractivity contribution in [3.63, 3.8) is 0 Å². The smallest absolute Gasteiger partial charge is 0.160 e. The number of hydrogen-bond acceptors (Lipinski definition) is 6. The molecule has 6 nitrogen and oxygen atoms in total. The second kappa shape index (κ2) is 28.3. The normalized spacial score (nSPS) is 11.3. The van der Waals surface area contributed by atoms with E-state index >= 15 is 0 Å². The molecule has 0 amide bonds. The number of para-hydroxylation sites is 2. The second-order valence-corrected chi connectivity index (χ2v) is 27.3. The van der Waals surface area contributed by atoms with Gasteiger partial charge >= 0.3 is 0 Å². The molecule has 0 aliphatic rings. The molecule has 0 bridgehead atoms. The maximum absolute atomic E-state index is 5.28. The Labute approximate surface area is 626 Å². The van der Waals surface area contributed by atoms with Gasteiger partial charge in [-0.1, -0.05) is 334 Å². The van der Waals surface area contributed by atoms with Gasteiger partial charge in [-0.15, -0.1) is 0 Å². The highest BCUT2D eigenvalue weighted by molar-refractivity contribution is 6.15. The van der Waals surface area contributed by atoms with Gasteiger partial charge in [-0.05, 0) is 153 Å². The molecule has 504 valence electrons. The molecule has 20 aromatic rings. The molecule has 0 aliphatic carbocycles. The summed E-state index contributed by atoms with van der Waals surface area (Å²) in [5, 5.41) is 12.2. The quantitative estimate of drug-likeness (QED) is 0.113. The van der Waals surface area contributed by atoms with E-state index in [1.807, 2.05) is 55.0 Å². The van der Waals surface area contributed by atoms with Crippen molar-refractivity contribution >= 4 is 64.9 Å². The highest BCUT2D eigenvalue weighted by atomic mass is 14.9. The minimum atomic E-state index is 0.685. The van der Waals surface area contributed by atoms with Gasteiger partial charge in [0.25, 0.3) is 0 Å². The van der Waals surface area contributed by atoms with E-state index in [9.17, 15) is 0 Å². The predicted octanol–water partition coefficient (Wildman–Crippen LogP) is 26.7. The van der Waals surface area contributed by atoms with Crippen LogP contribution >= 0.6 is 0 Å². The lowest BCUT2D eigenvalue weighted by molar-refractivity contribution is 1.18. The van der Waals surface area contributed by atoms with E-state index in [1.165, 1.54) is 76.5 Å². The molecule has 0 radical (unpaired) electrons. The van der Waals surface area contributed by atoms with E-state index in [4.69, 9.17) is 24.9 Å². The maximum Gasteiger partial charge on any atom is 0.160 e. The predicted molar refractivity (Wildman–Crippen MR) is 450 cm³/mol. The van der Waals surface area contributed by atoms with Gasteiger partial charge in [0.2, 0.25) is 0 Å². The summed E-state index contributed by atoms with van der Waals surface area (Å²) in [5.74, 6) is 1.37. The zero-order valence-corrected chi connectivity index (χ0v) is 58.8. The maximum atomic E-state index is 5.28. The van der Waals surface area contributed by atoms with Crippen LogP contribution in [0.2, 0.25) is 0 Å².